The fourth-order valence-corrected chi connectivity index (χ4v) is 9.52. The normalized spacial score (nSPS) is 14.8. The summed E-state index contributed by atoms with van der Waals surface area (Å²) in [6.45, 7) is 30.3. The monoisotopic (exact) mass is 736 g/mol. The first-order valence-corrected chi connectivity index (χ1v) is 20.7. The predicted molar refractivity (Wildman–Crippen MR) is 242 cm³/mol. The lowest BCUT2D eigenvalue weighted by Gasteiger charge is -2.30. The van der Waals surface area contributed by atoms with Crippen LogP contribution in [-0.4, -0.2) is 0 Å². The number of fused-ring (bicyclic) bond motifs is 6. The van der Waals surface area contributed by atoms with Crippen LogP contribution < -0.4 is 10.2 Å². The molecule has 2 aliphatic carbocycles. The summed E-state index contributed by atoms with van der Waals surface area (Å²) in [5.74, 6) is 0.933. The molecule has 0 amide bonds. The molecule has 0 fully saturated rings. The summed E-state index contributed by atoms with van der Waals surface area (Å²) in [6.07, 6.45) is 0. The molecule has 286 valence electrons. The van der Waals surface area contributed by atoms with Crippen molar-refractivity contribution < 1.29 is 0 Å². The maximum absolute atomic E-state index is 3.77. The van der Waals surface area contributed by atoms with Crippen LogP contribution in [0.3, 0.4) is 0 Å². The van der Waals surface area contributed by atoms with E-state index in [2.05, 4.69) is 209 Å². The molecule has 6 aromatic rings. The van der Waals surface area contributed by atoms with Crippen LogP contribution in [-0.2, 0) is 16.2 Å². The van der Waals surface area contributed by atoms with Crippen LogP contribution in [0.15, 0.2) is 109 Å². The highest BCUT2D eigenvalue weighted by atomic mass is 15.1. The number of hydrogen-bond donors (Lipinski definition) is 1. The van der Waals surface area contributed by atoms with Crippen molar-refractivity contribution in [3.63, 3.8) is 0 Å². The van der Waals surface area contributed by atoms with E-state index in [0.29, 0.717) is 11.8 Å². The van der Waals surface area contributed by atoms with E-state index in [9.17, 15) is 0 Å². The lowest BCUT2D eigenvalue weighted by atomic mass is 9.79. The van der Waals surface area contributed by atoms with E-state index in [-0.39, 0.29) is 16.2 Å². The van der Waals surface area contributed by atoms with Crippen molar-refractivity contribution in [1.29, 1.82) is 0 Å². The Morgan fingerprint density at radius 3 is 1.61 bits per heavy atom. The van der Waals surface area contributed by atoms with E-state index in [4.69, 9.17) is 0 Å². The van der Waals surface area contributed by atoms with Crippen LogP contribution in [0.25, 0.3) is 22.3 Å². The van der Waals surface area contributed by atoms with E-state index in [1.54, 1.807) is 0 Å². The number of nitrogens with zero attached hydrogens (tertiary/aromatic N) is 1. The number of nitrogens with one attached hydrogen (secondary N) is 1. The number of anilines is 5. The minimum absolute atomic E-state index is 0.0432. The summed E-state index contributed by atoms with van der Waals surface area (Å²) >= 11 is 0. The van der Waals surface area contributed by atoms with Gasteiger partial charge in [0.1, 0.15) is 0 Å². The van der Waals surface area contributed by atoms with Gasteiger partial charge in [0.25, 0.3) is 0 Å². The first-order chi connectivity index (χ1) is 26.4. The van der Waals surface area contributed by atoms with Gasteiger partial charge in [-0.05, 0) is 176 Å². The maximum Gasteiger partial charge on any atom is 0.0467 e. The van der Waals surface area contributed by atoms with E-state index in [0.717, 1.165) is 11.4 Å². The smallest absolute Gasteiger partial charge is 0.0467 e. The van der Waals surface area contributed by atoms with Gasteiger partial charge >= 0.3 is 0 Å². The molecule has 2 nitrogen and oxygen atoms in total. The first kappa shape index (κ1) is 37.8. The van der Waals surface area contributed by atoms with Crippen LogP contribution >= 0.6 is 0 Å². The molecule has 2 aliphatic rings. The van der Waals surface area contributed by atoms with Crippen molar-refractivity contribution in [3.05, 3.63) is 159 Å². The van der Waals surface area contributed by atoms with Gasteiger partial charge in [0, 0.05) is 39.3 Å². The molecule has 0 unspecified atom stereocenters. The first-order valence-electron chi connectivity index (χ1n) is 20.7. The minimum atomic E-state index is -0.178. The molecule has 0 aliphatic heterocycles. The van der Waals surface area contributed by atoms with Crippen LogP contribution in [0, 0.1) is 13.8 Å². The van der Waals surface area contributed by atoms with Gasteiger partial charge in [0.15, 0.2) is 0 Å². The molecule has 0 spiro atoms. The fourth-order valence-electron chi connectivity index (χ4n) is 9.52. The van der Waals surface area contributed by atoms with Gasteiger partial charge in [0.05, 0.1) is 0 Å². The predicted octanol–water partition coefficient (Wildman–Crippen LogP) is 15.7. The largest absolute Gasteiger partial charge is 0.356 e. The van der Waals surface area contributed by atoms with Crippen molar-refractivity contribution in [2.24, 2.45) is 0 Å². The molecule has 0 saturated heterocycles. The molecule has 0 heterocycles. The van der Waals surface area contributed by atoms with E-state index in [1.807, 2.05) is 0 Å². The number of benzene rings is 6. The van der Waals surface area contributed by atoms with Gasteiger partial charge in [-0.2, -0.15) is 0 Å². The molecule has 2 heteroatoms. The summed E-state index contributed by atoms with van der Waals surface area (Å²) in [7, 11) is 0. The Kier molecular flexibility index (Phi) is 8.96. The van der Waals surface area contributed by atoms with E-state index < -0.39 is 0 Å². The Hall–Kier alpha value is -5.08. The quantitative estimate of drug-likeness (QED) is 0.176. The highest BCUT2D eigenvalue weighted by Crippen LogP contribution is 2.58. The second-order valence-electron chi connectivity index (χ2n) is 19.4. The number of hydrogen-bond acceptors (Lipinski definition) is 2. The Bertz CT molecular complexity index is 2520. The SMILES string of the molecule is Cc1cc(Nc2cccc(C(C)C)c2)cc2c1-c1cc3c(cc1C2(C)C)-c1c(C)cc(N(c2cccc(C(C)C)c2)c2cccc(C(C)(C)C)c2)cc1C3(C)C. The van der Waals surface area contributed by atoms with E-state index >= 15 is 0 Å². The molecule has 8 rings (SSSR count). The van der Waals surface area contributed by atoms with Crippen LogP contribution in [0.2, 0.25) is 0 Å². The van der Waals surface area contributed by atoms with Gasteiger partial charge < -0.3 is 10.2 Å². The minimum Gasteiger partial charge on any atom is -0.356 e. The highest BCUT2D eigenvalue weighted by molar-refractivity contribution is 5.94. The topological polar surface area (TPSA) is 15.3 Å². The maximum atomic E-state index is 3.77. The zero-order chi connectivity index (χ0) is 40.1. The third-order valence-corrected chi connectivity index (χ3v) is 12.9. The zero-order valence-electron chi connectivity index (χ0n) is 36.0. The second-order valence-corrected chi connectivity index (χ2v) is 19.4. The summed E-state index contributed by atoms with van der Waals surface area (Å²) in [4.78, 5) is 2.49. The Labute approximate surface area is 337 Å². The molecule has 0 atom stereocenters. The summed E-state index contributed by atoms with van der Waals surface area (Å²) in [6, 6.07) is 41.9. The average molecular weight is 737 g/mol. The van der Waals surface area contributed by atoms with Gasteiger partial charge in [-0.25, -0.2) is 0 Å². The molecule has 0 saturated carbocycles. The number of rotatable bonds is 7. The molecule has 0 radical (unpaired) electrons. The van der Waals surface area contributed by atoms with E-state index in [1.165, 1.54) is 89.4 Å². The summed E-state index contributed by atoms with van der Waals surface area (Å²) in [5, 5.41) is 3.77. The Morgan fingerprint density at radius 1 is 0.500 bits per heavy atom. The standard InChI is InChI=1S/C54H60N2/c1-32(2)36-17-14-20-39(25-36)55-40-23-34(5)50-44-30-47-45(31-46(44)53(10,11)48(50)28-40)51-35(6)24-43(29-49(51)54(47,12)13)56(41-21-15-18-37(26-41)33(3)4)42-22-16-19-38(27-42)52(7,8)9/h14-33,55H,1-13H3. The molecule has 56 heavy (non-hydrogen) atoms. The van der Waals surface area contributed by atoms with Gasteiger partial charge in [-0.1, -0.05) is 113 Å². The number of aryl methyl sites for hydroxylation is 2. The van der Waals surface area contributed by atoms with Crippen LogP contribution in [0.1, 0.15) is 138 Å². The zero-order valence-corrected chi connectivity index (χ0v) is 36.0. The summed E-state index contributed by atoms with van der Waals surface area (Å²) < 4.78 is 0. The van der Waals surface area contributed by atoms with Crippen LogP contribution in [0.5, 0.6) is 0 Å². The average Bonchev–Trinajstić information content (AvgIpc) is 3.50. The van der Waals surface area contributed by atoms with Gasteiger partial charge in [-0.15, -0.1) is 0 Å². The molecule has 6 aromatic carbocycles. The molecule has 1 N–H and O–H groups in total. The Balaban J connectivity index is 1.24. The van der Waals surface area contributed by atoms with Crippen molar-refractivity contribution in [3.8, 4) is 22.3 Å². The molecular formula is C54H60N2. The lowest BCUT2D eigenvalue weighted by Crippen LogP contribution is -2.18. The summed E-state index contributed by atoms with van der Waals surface area (Å²) in [5.41, 5.74) is 23.5. The lowest BCUT2D eigenvalue weighted by molar-refractivity contribution is 0.590. The van der Waals surface area contributed by atoms with Crippen molar-refractivity contribution in [2.45, 2.75) is 118 Å². The molecular weight excluding hydrogens is 677 g/mol. The third kappa shape index (κ3) is 6.17. The third-order valence-electron chi connectivity index (χ3n) is 12.9. The van der Waals surface area contributed by atoms with Crippen molar-refractivity contribution >= 4 is 28.4 Å². The Morgan fingerprint density at radius 2 is 1.02 bits per heavy atom. The van der Waals surface area contributed by atoms with Gasteiger partial charge in [0.2, 0.25) is 0 Å². The van der Waals surface area contributed by atoms with Gasteiger partial charge in [-0.3, -0.25) is 0 Å². The highest BCUT2D eigenvalue weighted by Gasteiger charge is 2.43. The molecule has 0 bridgehead atoms. The molecule has 0 aromatic heterocycles. The van der Waals surface area contributed by atoms with Crippen molar-refractivity contribution in [1.82, 2.24) is 0 Å². The second kappa shape index (κ2) is 13.3. The fraction of sp³-hybridized carbons (Fsp3) is 0.333. The van der Waals surface area contributed by atoms with Crippen LogP contribution in [0.4, 0.5) is 28.4 Å². The van der Waals surface area contributed by atoms with Crippen molar-refractivity contribution in [2.75, 3.05) is 10.2 Å².